The van der Waals surface area contributed by atoms with Crippen LogP contribution in [-0.2, 0) is 12.4 Å². The molecule has 0 aliphatic rings. The number of para-hydroxylation sites is 2. The summed E-state index contributed by atoms with van der Waals surface area (Å²) in [5.74, 6) is -1.60. The summed E-state index contributed by atoms with van der Waals surface area (Å²) >= 11 is 13.4. The molecule has 6 aromatic carbocycles. The van der Waals surface area contributed by atoms with Crippen LogP contribution >= 0.6 is 45.8 Å². The van der Waals surface area contributed by atoms with E-state index in [1.807, 2.05) is 22.6 Å². The van der Waals surface area contributed by atoms with E-state index in [1.165, 1.54) is 24.3 Å². The molecule has 0 fully saturated rings. The molecule has 0 unspecified atom stereocenters. The summed E-state index contributed by atoms with van der Waals surface area (Å²) in [4.78, 5) is 24.5. The predicted octanol–water partition coefficient (Wildman–Crippen LogP) is 10.9. The second-order valence-corrected chi connectivity index (χ2v) is 13.5. The van der Waals surface area contributed by atoms with Gasteiger partial charge < -0.3 is 20.7 Å². The Morgan fingerprint density at radius 3 is 1.39 bits per heavy atom. The molecule has 0 heterocycles. The van der Waals surface area contributed by atoms with Crippen molar-refractivity contribution >= 4 is 81.6 Å². The minimum Gasteiger partial charge on any atom is -0.423 e. The van der Waals surface area contributed by atoms with Crippen molar-refractivity contribution in [2.45, 2.75) is 12.4 Å². The molecule has 6 aromatic rings. The Kier molecular flexibility index (Phi) is 15.5. The highest BCUT2D eigenvalue weighted by Crippen LogP contribution is 2.34. The fourth-order valence-corrected chi connectivity index (χ4v) is 5.68. The van der Waals surface area contributed by atoms with Crippen molar-refractivity contribution < 1.29 is 46.0 Å². The summed E-state index contributed by atoms with van der Waals surface area (Å²) in [6.45, 7) is 0. The van der Waals surface area contributed by atoms with Gasteiger partial charge in [0, 0.05) is 24.9 Å². The second-order valence-electron chi connectivity index (χ2n) is 11.5. The van der Waals surface area contributed by atoms with Gasteiger partial charge in [-0.3, -0.25) is 9.59 Å². The molecule has 2 amide bonds. The molecule has 0 aromatic heterocycles. The Bertz CT molecular complexity index is 2260. The number of hydrogen-bond acceptors (Lipinski definition) is 4. The fraction of sp³-hybridized carbons (Fsp3) is 0.0500. The molecule has 56 heavy (non-hydrogen) atoms. The summed E-state index contributed by atoms with van der Waals surface area (Å²) < 4.78 is 78.7. The lowest BCUT2D eigenvalue weighted by atomic mass is 9.81. The monoisotopic (exact) mass is 922 g/mol. The number of halogens is 9. The van der Waals surface area contributed by atoms with Gasteiger partial charge in [0.1, 0.15) is 0 Å². The van der Waals surface area contributed by atoms with Gasteiger partial charge in [-0.25, -0.2) is 0 Å². The zero-order valence-corrected chi connectivity index (χ0v) is 32.2. The Hall–Kier alpha value is -4.87. The van der Waals surface area contributed by atoms with Gasteiger partial charge >= 0.3 is 19.5 Å². The number of hydrogen-bond donors (Lipinski definition) is 4. The van der Waals surface area contributed by atoms with E-state index in [2.05, 4.69) is 10.6 Å². The van der Waals surface area contributed by atoms with Gasteiger partial charge in [0.2, 0.25) is 0 Å². The van der Waals surface area contributed by atoms with Crippen molar-refractivity contribution in [2.75, 3.05) is 10.6 Å². The van der Waals surface area contributed by atoms with Crippen LogP contribution in [0.2, 0.25) is 10.0 Å². The SMILES string of the molecule is O=C(Nc1ccccc1-c1ccc(Cl)cc1)c1ccccc1C(F)(F)F.O=C(Nc1ccccc1I)c1ccccc1C(F)(F)F.OB(O)c1ccc(Cl)cc1. The van der Waals surface area contributed by atoms with Crippen LogP contribution in [0.4, 0.5) is 37.7 Å². The van der Waals surface area contributed by atoms with Crippen molar-refractivity contribution in [1.82, 2.24) is 0 Å². The number of rotatable bonds is 6. The highest BCUT2D eigenvalue weighted by Gasteiger charge is 2.36. The minimum atomic E-state index is -4.61. The number of amides is 2. The van der Waals surface area contributed by atoms with Gasteiger partial charge in [0.25, 0.3) is 11.8 Å². The Morgan fingerprint density at radius 1 is 0.536 bits per heavy atom. The Balaban J connectivity index is 0.000000205. The molecule has 0 aliphatic heterocycles. The lowest BCUT2D eigenvalue weighted by Crippen LogP contribution is -2.29. The van der Waals surface area contributed by atoms with E-state index in [4.69, 9.17) is 33.2 Å². The molecule has 4 N–H and O–H groups in total. The van der Waals surface area contributed by atoms with E-state index in [0.29, 0.717) is 32.4 Å². The molecular weight excluding hydrogens is 895 g/mol. The first-order chi connectivity index (χ1) is 26.5. The summed E-state index contributed by atoms with van der Waals surface area (Å²) in [7, 11) is -1.41. The van der Waals surface area contributed by atoms with Crippen molar-refractivity contribution in [3.05, 3.63) is 181 Å². The van der Waals surface area contributed by atoms with E-state index in [0.717, 1.165) is 33.4 Å². The van der Waals surface area contributed by atoms with Gasteiger partial charge in [-0.1, -0.05) is 102 Å². The van der Waals surface area contributed by atoms with Gasteiger partial charge in [0.15, 0.2) is 0 Å². The molecule has 0 atom stereocenters. The van der Waals surface area contributed by atoms with Crippen LogP contribution in [0.1, 0.15) is 31.8 Å². The lowest BCUT2D eigenvalue weighted by Gasteiger charge is -2.15. The number of nitrogens with one attached hydrogen (secondary N) is 2. The highest BCUT2D eigenvalue weighted by atomic mass is 127. The van der Waals surface area contributed by atoms with Crippen LogP contribution in [-0.4, -0.2) is 29.0 Å². The molecule has 0 aliphatic carbocycles. The van der Waals surface area contributed by atoms with Crippen molar-refractivity contribution in [2.24, 2.45) is 0 Å². The van der Waals surface area contributed by atoms with E-state index in [-0.39, 0.29) is 5.56 Å². The normalized spacial score (nSPS) is 10.9. The first kappa shape index (κ1) is 43.9. The van der Waals surface area contributed by atoms with Gasteiger partial charge in [0.05, 0.1) is 27.9 Å². The molecule has 0 radical (unpaired) electrons. The van der Waals surface area contributed by atoms with Crippen LogP contribution in [0.3, 0.4) is 0 Å². The third-order valence-corrected chi connectivity index (χ3v) is 9.02. The minimum absolute atomic E-state index is 0.389. The summed E-state index contributed by atoms with van der Waals surface area (Å²) in [5.41, 5.74) is 0.0863. The van der Waals surface area contributed by atoms with Crippen molar-refractivity contribution in [1.29, 1.82) is 0 Å². The third-order valence-electron chi connectivity index (χ3n) is 7.57. The first-order valence-electron chi connectivity index (χ1n) is 16.1. The molecular formula is C40H28BCl2F6IN2O4. The predicted molar refractivity (Wildman–Crippen MR) is 216 cm³/mol. The molecule has 0 saturated carbocycles. The van der Waals surface area contributed by atoms with Crippen LogP contribution < -0.4 is 16.1 Å². The number of alkyl halides is 6. The molecule has 288 valence electrons. The summed E-state index contributed by atoms with van der Waals surface area (Å²) in [6, 6.07) is 36.5. The van der Waals surface area contributed by atoms with Crippen molar-refractivity contribution in [3.63, 3.8) is 0 Å². The second kappa shape index (κ2) is 19.8. The zero-order valence-electron chi connectivity index (χ0n) is 28.5. The zero-order chi connectivity index (χ0) is 41.0. The van der Waals surface area contributed by atoms with Crippen LogP contribution in [0.15, 0.2) is 146 Å². The first-order valence-corrected chi connectivity index (χ1v) is 18.0. The molecule has 0 spiro atoms. The fourth-order valence-electron chi connectivity index (χ4n) is 4.91. The summed E-state index contributed by atoms with van der Waals surface area (Å²) in [6.07, 6.45) is -9.17. The quantitative estimate of drug-likeness (QED) is 0.0760. The van der Waals surface area contributed by atoms with Crippen molar-refractivity contribution in [3.8, 4) is 11.1 Å². The Morgan fingerprint density at radius 2 is 0.929 bits per heavy atom. The van der Waals surface area contributed by atoms with E-state index >= 15 is 0 Å². The molecule has 0 bridgehead atoms. The van der Waals surface area contributed by atoms with Crippen LogP contribution in [0.25, 0.3) is 11.1 Å². The summed E-state index contributed by atoms with van der Waals surface area (Å²) in [5, 5.41) is 23.5. The van der Waals surface area contributed by atoms with E-state index < -0.39 is 48.0 Å². The number of benzene rings is 6. The maximum atomic E-state index is 13.1. The van der Waals surface area contributed by atoms with E-state index in [9.17, 15) is 35.9 Å². The Labute approximate surface area is 341 Å². The maximum Gasteiger partial charge on any atom is 0.488 e. The third kappa shape index (κ3) is 12.6. The number of carbonyl (C=O) groups is 2. The number of anilines is 2. The molecule has 6 rings (SSSR count). The van der Waals surface area contributed by atoms with Gasteiger partial charge in [-0.2, -0.15) is 26.3 Å². The molecule has 16 heteroatoms. The number of carbonyl (C=O) groups excluding carboxylic acids is 2. The largest absolute Gasteiger partial charge is 0.488 e. The average Bonchev–Trinajstić information content (AvgIpc) is 3.16. The van der Waals surface area contributed by atoms with Crippen LogP contribution in [0, 0.1) is 3.57 Å². The topological polar surface area (TPSA) is 98.7 Å². The lowest BCUT2D eigenvalue weighted by molar-refractivity contribution is -0.138. The van der Waals surface area contributed by atoms with Gasteiger partial charge in [-0.15, -0.1) is 0 Å². The molecule has 0 saturated heterocycles. The van der Waals surface area contributed by atoms with Gasteiger partial charge in [-0.05, 0) is 100 Å². The average molecular weight is 923 g/mol. The van der Waals surface area contributed by atoms with E-state index in [1.54, 1.807) is 97.1 Å². The standard InChI is InChI=1S/C20H13ClF3NO.C14H9F3INO.C6H6BClO2/c21-14-11-9-13(10-12-14)15-5-2-4-8-18(15)25-19(26)16-6-1-3-7-17(16)20(22,23)24;15-14(16,17)10-6-2-1-5-9(10)13(20)19-12-8-4-3-7-11(12)18;8-6-3-1-5(2-4-6)7(9)10/h1-12H,(H,25,26);1-8H,(H,19,20);1-4,9-10H. The maximum absolute atomic E-state index is 13.1. The molecule has 6 nitrogen and oxygen atoms in total. The van der Waals surface area contributed by atoms with Crippen LogP contribution in [0.5, 0.6) is 0 Å². The highest BCUT2D eigenvalue weighted by molar-refractivity contribution is 14.1. The smallest absolute Gasteiger partial charge is 0.423 e.